The van der Waals surface area contributed by atoms with Crippen LogP contribution in [0.5, 0.6) is 0 Å². The molecule has 0 aliphatic carbocycles. The van der Waals surface area contributed by atoms with Gasteiger partial charge < -0.3 is 15.4 Å². The van der Waals surface area contributed by atoms with Crippen LogP contribution >= 0.6 is 12.2 Å². The van der Waals surface area contributed by atoms with E-state index in [1.165, 1.54) is 0 Å². The van der Waals surface area contributed by atoms with E-state index in [0.29, 0.717) is 11.5 Å². The fourth-order valence-electron chi connectivity index (χ4n) is 0.990. The van der Waals surface area contributed by atoms with Crippen LogP contribution in [0.25, 0.3) is 0 Å². The number of ether oxygens (including phenoxy) is 1. The molecular formula is C7H12N2O2S. The highest BCUT2D eigenvalue weighted by atomic mass is 32.1. The van der Waals surface area contributed by atoms with Crippen molar-refractivity contribution in [3.63, 3.8) is 0 Å². The lowest BCUT2D eigenvalue weighted by Crippen LogP contribution is -2.53. The Morgan fingerprint density at radius 2 is 2.33 bits per heavy atom. The van der Waals surface area contributed by atoms with Crippen molar-refractivity contribution in [3.8, 4) is 0 Å². The molecule has 0 aromatic heterocycles. The van der Waals surface area contributed by atoms with Crippen molar-refractivity contribution < 1.29 is 9.53 Å². The average Bonchev–Trinajstić information content (AvgIpc) is 1.81. The molecule has 2 N–H and O–H groups in total. The highest BCUT2D eigenvalue weighted by molar-refractivity contribution is 7.80. The molecule has 5 heteroatoms. The Kier molecular flexibility index (Phi) is 2.99. The Balaban J connectivity index is 2.44. The maximum absolute atomic E-state index is 10.9. The number of carbonyl (C=O) groups is 1. The molecule has 1 saturated heterocycles. The van der Waals surface area contributed by atoms with Crippen LogP contribution in [0.2, 0.25) is 0 Å². The Morgan fingerprint density at radius 3 is 2.83 bits per heavy atom. The summed E-state index contributed by atoms with van der Waals surface area (Å²) in [7, 11) is 0. The van der Waals surface area contributed by atoms with Crippen molar-refractivity contribution in [3.05, 3.63) is 0 Å². The van der Waals surface area contributed by atoms with Crippen LogP contribution in [0.3, 0.4) is 0 Å². The first-order chi connectivity index (χ1) is 5.58. The number of amides is 1. The number of hydrogen-bond donors (Lipinski definition) is 2. The molecule has 1 aliphatic rings. The van der Waals surface area contributed by atoms with E-state index in [0.717, 1.165) is 0 Å². The monoisotopic (exact) mass is 188 g/mol. The lowest BCUT2D eigenvalue weighted by molar-refractivity contribution is -0.125. The van der Waals surface area contributed by atoms with E-state index in [1.54, 1.807) is 0 Å². The van der Waals surface area contributed by atoms with Gasteiger partial charge in [0.2, 0.25) is 5.91 Å². The fraction of sp³-hybridized carbons (Fsp3) is 0.714. The molecule has 4 nitrogen and oxygen atoms in total. The molecular weight excluding hydrogens is 176 g/mol. The minimum atomic E-state index is -0.272. The Labute approximate surface area is 76.7 Å². The van der Waals surface area contributed by atoms with Crippen LogP contribution in [-0.4, -0.2) is 23.4 Å². The molecule has 0 aromatic rings. The van der Waals surface area contributed by atoms with E-state index >= 15 is 0 Å². The summed E-state index contributed by atoms with van der Waals surface area (Å²) in [6.45, 7) is 3.83. The predicted octanol–water partition coefficient (Wildman–Crippen LogP) is 0.132. The smallest absolute Gasteiger partial charge is 0.230 e. The van der Waals surface area contributed by atoms with E-state index < -0.39 is 0 Å². The van der Waals surface area contributed by atoms with Crippen LogP contribution in [0.4, 0.5) is 0 Å². The maximum atomic E-state index is 10.9. The van der Waals surface area contributed by atoms with Crippen LogP contribution in [0.15, 0.2) is 0 Å². The molecule has 68 valence electrons. The summed E-state index contributed by atoms with van der Waals surface area (Å²) in [5.41, 5.74) is 0. The van der Waals surface area contributed by atoms with Gasteiger partial charge in [-0.15, -0.1) is 0 Å². The van der Waals surface area contributed by atoms with Crippen molar-refractivity contribution >= 4 is 23.2 Å². The third kappa shape index (κ3) is 2.75. The number of thiocarbonyl (C=S) groups is 1. The molecule has 0 radical (unpaired) electrons. The SMILES string of the molecule is CC(C)OC1CC(=O)NC(=S)N1. The largest absolute Gasteiger partial charge is 0.355 e. The number of hydrogen-bond acceptors (Lipinski definition) is 3. The summed E-state index contributed by atoms with van der Waals surface area (Å²) in [5, 5.41) is 5.68. The van der Waals surface area contributed by atoms with Crippen molar-refractivity contribution in [1.29, 1.82) is 0 Å². The van der Waals surface area contributed by atoms with Crippen LogP contribution < -0.4 is 10.6 Å². The normalized spacial score (nSPS) is 23.8. The van der Waals surface area contributed by atoms with Crippen LogP contribution in [-0.2, 0) is 9.53 Å². The van der Waals surface area contributed by atoms with Gasteiger partial charge in [0, 0.05) is 0 Å². The quantitative estimate of drug-likeness (QED) is 0.605. The summed E-state index contributed by atoms with van der Waals surface area (Å²) in [4.78, 5) is 10.9. The molecule has 0 saturated carbocycles. The van der Waals surface area contributed by atoms with Crippen LogP contribution in [0.1, 0.15) is 20.3 Å². The Bertz CT molecular complexity index is 190. The molecule has 1 fully saturated rings. The zero-order valence-electron chi connectivity index (χ0n) is 7.09. The minimum absolute atomic E-state index is 0.0931. The molecule has 1 heterocycles. The predicted molar refractivity (Wildman–Crippen MR) is 48.5 cm³/mol. The van der Waals surface area contributed by atoms with E-state index in [-0.39, 0.29) is 18.2 Å². The van der Waals surface area contributed by atoms with E-state index in [4.69, 9.17) is 17.0 Å². The van der Waals surface area contributed by atoms with Gasteiger partial charge in [0.05, 0.1) is 12.5 Å². The van der Waals surface area contributed by atoms with E-state index in [2.05, 4.69) is 10.6 Å². The lowest BCUT2D eigenvalue weighted by atomic mass is 10.3. The highest BCUT2D eigenvalue weighted by Crippen LogP contribution is 2.03. The third-order valence-corrected chi connectivity index (χ3v) is 1.57. The van der Waals surface area contributed by atoms with E-state index in [9.17, 15) is 4.79 Å². The third-order valence-electron chi connectivity index (χ3n) is 1.35. The second kappa shape index (κ2) is 3.82. The molecule has 1 amide bonds. The van der Waals surface area contributed by atoms with E-state index in [1.807, 2.05) is 13.8 Å². The summed E-state index contributed by atoms with van der Waals surface area (Å²) in [5.74, 6) is -0.0931. The van der Waals surface area contributed by atoms with Gasteiger partial charge in [-0.1, -0.05) is 0 Å². The maximum Gasteiger partial charge on any atom is 0.230 e. The van der Waals surface area contributed by atoms with Crippen molar-refractivity contribution in [2.75, 3.05) is 0 Å². The van der Waals surface area contributed by atoms with Gasteiger partial charge in [-0.25, -0.2) is 0 Å². The standard InChI is InChI=1S/C7H12N2O2S/c1-4(2)11-6-3-5(10)8-7(12)9-6/h4,6H,3H2,1-2H3,(H2,8,9,10,12). The second-order valence-electron chi connectivity index (χ2n) is 2.90. The first kappa shape index (κ1) is 9.41. The summed E-state index contributed by atoms with van der Waals surface area (Å²) in [6, 6.07) is 0. The molecule has 1 aliphatic heterocycles. The zero-order valence-corrected chi connectivity index (χ0v) is 7.90. The van der Waals surface area contributed by atoms with Gasteiger partial charge in [-0.3, -0.25) is 4.79 Å². The van der Waals surface area contributed by atoms with Crippen LogP contribution in [0, 0.1) is 0 Å². The highest BCUT2D eigenvalue weighted by Gasteiger charge is 2.22. The van der Waals surface area contributed by atoms with Gasteiger partial charge in [0.15, 0.2) is 5.11 Å². The molecule has 12 heavy (non-hydrogen) atoms. The molecule has 0 bridgehead atoms. The number of carbonyl (C=O) groups excluding carboxylic acids is 1. The van der Waals surface area contributed by atoms with Gasteiger partial charge >= 0.3 is 0 Å². The minimum Gasteiger partial charge on any atom is -0.355 e. The molecule has 1 atom stereocenters. The Morgan fingerprint density at radius 1 is 1.67 bits per heavy atom. The lowest BCUT2D eigenvalue weighted by Gasteiger charge is -2.26. The zero-order chi connectivity index (χ0) is 9.14. The topological polar surface area (TPSA) is 50.4 Å². The molecule has 0 aromatic carbocycles. The van der Waals surface area contributed by atoms with Gasteiger partial charge in [0.25, 0.3) is 0 Å². The molecule has 0 spiro atoms. The fourth-order valence-corrected chi connectivity index (χ4v) is 1.24. The van der Waals surface area contributed by atoms with Gasteiger partial charge in [0.1, 0.15) is 6.23 Å². The van der Waals surface area contributed by atoms with Crippen molar-refractivity contribution in [2.24, 2.45) is 0 Å². The molecule has 1 rings (SSSR count). The number of nitrogens with one attached hydrogen (secondary N) is 2. The summed E-state index contributed by atoms with van der Waals surface area (Å²) < 4.78 is 5.37. The summed E-state index contributed by atoms with van der Waals surface area (Å²) in [6.07, 6.45) is 0.139. The number of rotatable bonds is 2. The first-order valence-electron chi connectivity index (χ1n) is 3.83. The van der Waals surface area contributed by atoms with Gasteiger partial charge in [-0.05, 0) is 26.1 Å². The molecule has 1 unspecified atom stereocenters. The average molecular weight is 188 g/mol. The Hall–Kier alpha value is -0.680. The van der Waals surface area contributed by atoms with Crippen molar-refractivity contribution in [1.82, 2.24) is 10.6 Å². The van der Waals surface area contributed by atoms with Gasteiger partial charge in [-0.2, -0.15) is 0 Å². The second-order valence-corrected chi connectivity index (χ2v) is 3.31. The first-order valence-corrected chi connectivity index (χ1v) is 4.24. The van der Waals surface area contributed by atoms with Crippen molar-refractivity contribution in [2.45, 2.75) is 32.6 Å². The summed E-state index contributed by atoms with van der Waals surface area (Å²) >= 11 is 4.79.